The number of hydrogen-bond acceptors (Lipinski definition) is 4. The second kappa shape index (κ2) is 13.4. The molecule has 3 aromatic heterocycles. The van der Waals surface area contributed by atoms with E-state index in [4.69, 9.17) is 19.9 Å². The van der Waals surface area contributed by atoms with Crippen LogP contribution in [0.1, 0.15) is 0 Å². The van der Waals surface area contributed by atoms with Gasteiger partial charge < -0.3 is 0 Å². The lowest BCUT2D eigenvalue weighted by Crippen LogP contribution is -1.95. The summed E-state index contributed by atoms with van der Waals surface area (Å²) >= 11 is 0. The first-order valence-electron chi connectivity index (χ1n) is 18.1. The molecule has 0 amide bonds. The quantitative estimate of drug-likeness (QED) is 0.163. The molecule has 7 aromatic carbocycles. The van der Waals surface area contributed by atoms with Crippen LogP contribution in [0.2, 0.25) is 0 Å². The molecule has 0 aliphatic carbocycles. The van der Waals surface area contributed by atoms with Gasteiger partial charge in [-0.25, -0.2) is 19.9 Å². The van der Waals surface area contributed by atoms with Gasteiger partial charge in [0.05, 0.1) is 33.8 Å². The molecule has 0 saturated carbocycles. The van der Waals surface area contributed by atoms with E-state index >= 15 is 0 Å². The van der Waals surface area contributed by atoms with Crippen molar-refractivity contribution in [2.24, 2.45) is 0 Å². The molecular formula is C50H32N4. The van der Waals surface area contributed by atoms with Crippen LogP contribution in [0.5, 0.6) is 0 Å². The summed E-state index contributed by atoms with van der Waals surface area (Å²) in [4.78, 5) is 20.5. The molecule has 0 aliphatic rings. The van der Waals surface area contributed by atoms with Gasteiger partial charge in [-0.05, 0) is 46.8 Å². The average Bonchev–Trinajstić information content (AvgIpc) is 3.26. The molecular weight excluding hydrogens is 657 g/mol. The first kappa shape index (κ1) is 31.4. The Balaban J connectivity index is 1.07. The Morgan fingerprint density at radius 1 is 0.259 bits per heavy atom. The Kier molecular flexibility index (Phi) is 7.77. The van der Waals surface area contributed by atoms with E-state index in [1.165, 1.54) is 0 Å². The molecule has 0 radical (unpaired) electrons. The predicted molar refractivity (Wildman–Crippen MR) is 223 cm³/mol. The summed E-state index contributed by atoms with van der Waals surface area (Å²) in [7, 11) is 0. The maximum atomic E-state index is 5.39. The first-order valence-corrected chi connectivity index (χ1v) is 18.1. The molecule has 0 unspecified atom stereocenters. The molecule has 54 heavy (non-hydrogen) atoms. The van der Waals surface area contributed by atoms with E-state index in [2.05, 4.69) is 146 Å². The van der Waals surface area contributed by atoms with Crippen molar-refractivity contribution in [2.75, 3.05) is 0 Å². The molecule has 0 N–H and O–H groups in total. The molecule has 10 rings (SSSR count). The number of benzene rings is 7. The van der Waals surface area contributed by atoms with Gasteiger partial charge in [0.15, 0.2) is 5.82 Å². The van der Waals surface area contributed by atoms with E-state index in [0.29, 0.717) is 5.82 Å². The van der Waals surface area contributed by atoms with Crippen LogP contribution in [0.4, 0.5) is 0 Å². The Bertz CT molecular complexity index is 2890. The maximum Gasteiger partial charge on any atom is 0.160 e. The van der Waals surface area contributed by atoms with Gasteiger partial charge in [-0.1, -0.05) is 164 Å². The van der Waals surface area contributed by atoms with Gasteiger partial charge in [0.25, 0.3) is 0 Å². The zero-order valence-electron chi connectivity index (χ0n) is 29.3. The number of aromatic nitrogens is 4. The number of hydrogen-bond donors (Lipinski definition) is 0. The van der Waals surface area contributed by atoms with Gasteiger partial charge in [0.1, 0.15) is 0 Å². The highest BCUT2D eigenvalue weighted by atomic mass is 14.9. The third-order valence-electron chi connectivity index (χ3n) is 10.1. The summed E-state index contributed by atoms with van der Waals surface area (Å²) < 4.78 is 0. The molecule has 0 spiro atoms. The third kappa shape index (κ3) is 5.76. The van der Waals surface area contributed by atoms with Crippen molar-refractivity contribution in [1.82, 2.24) is 19.9 Å². The van der Waals surface area contributed by atoms with E-state index in [-0.39, 0.29) is 0 Å². The fourth-order valence-electron chi connectivity index (χ4n) is 7.37. The van der Waals surface area contributed by atoms with Crippen LogP contribution in [0.15, 0.2) is 194 Å². The highest BCUT2D eigenvalue weighted by Crippen LogP contribution is 2.39. The lowest BCUT2D eigenvalue weighted by molar-refractivity contribution is 1.18. The molecule has 0 fully saturated rings. The van der Waals surface area contributed by atoms with Crippen molar-refractivity contribution < 1.29 is 0 Å². The fourth-order valence-corrected chi connectivity index (χ4v) is 7.37. The van der Waals surface area contributed by atoms with Crippen LogP contribution >= 0.6 is 0 Å². The van der Waals surface area contributed by atoms with Gasteiger partial charge in [0.2, 0.25) is 0 Å². The van der Waals surface area contributed by atoms with Crippen molar-refractivity contribution >= 4 is 32.6 Å². The lowest BCUT2D eigenvalue weighted by atomic mass is 9.94. The molecule has 0 atom stereocenters. The SMILES string of the molecule is c1ccc(-c2cc(-c3ccc(-c4ccc5c(c4)nc(-c4ccccc4)c4c6ccc(-c7ccccc7)nc6ccc54)cc3)nc(-c3ccccc3)n2)cc1. The van der Waals surface area contributed by atoms with Crippen LogP contribution in [0.3, 0.4) is 0 Å². The molecule has 0 bridgehead atoms. The zero-order valence-corrected chi connectivity index (χ0v) is 29.3. The van der Waals surface area contributed by atoms with Crippen molar-refractivity contribution in [3.05, 3.63) is 194 Å². The number of fused-ring (bicyclic) bond motifs is 5. The standard InChI is InChI=1S/C50H32N4/c1-5-13-34(14-6-1)43-29-28-42-44(51-43)30-27-41-40-26-25-39(31-47(40)52-49(48(41)42)37-17-9-3-10-18-37)33-21-23-36(24-22-33)46-32-45(35-15-7-2-8-16-35)53-50(54-46)38-19-11-4-12-20-38/h1-32H. The van der Waals surface area contributed by atoms with Crippen LogP contribution < -0.4 is 0 Å². The van der Waals surface area contributed by atoms with Crippen LogP contribution in [-0.2, 0) is 0 Å². The first-order chi connectivity index (χ1) is 26.7. The Morgan fingerprint density at radius 3 is 1.41 bits per heavy atom. The van der Waals surface area contributed by atoms with Crippen molar-refractivity contribution in [3.63, 3.8) is 0 Å². The van der Waals surface area contributed by atoms with Gasteiger partial charge in [-0.15, -0.1) is 0 Å². The van der Waals surface area contributed by atoms with E-state index < -0.39 is 0 Å². The van der Waals surface area contributed by atoms with Gasteiger partial charge in [-0.2, -0.15) is 0 Å². The van der Waals surface area contributed by atoms with Crippen LogP contribution in [0.25, 0.3) is 100 Å². The minimum absolute atomic E-state index is 0.707. The summed E-state index contributed by atoms with van der Waals surface area (Å²) in [6.07, 6.45) is 0. The van der Waals surface area contributed by atoms with E-state index in [1.54, 1.807) is 0 Å². The average molecular weight is 689 g/mol. The summed E-state index contributed by atoms with van der Waals surface area (Å²) in [6.45, 7) is 0. The molecule has 4 heteroatoms. The molecule has 4 nitrogen and oxygen atoms in total. The number of pyridine rings is 2. The number of rotatable bonds is 6. The summed E-state index contributed by atoms with van der Waals surface area (Å²) in [5, 5.41) is 4.48. The largest absolute Gasteiger partial charge is 0.248 e. The van der Waals surface area contributed by atoms with Crippen molar-refractivity contribution in [3.8, 4) is 67.5 Å². The minimum atomic E-state index is 0.707. The van der Waals surface area contributed by atoms with Crippen LogP contribution in [-0.4, -0.2) is 19.9 Å². The molecule has 10 aromatic rings. The predicted octanol–water partition coefficient (Wildman–Crippen LogP) is 12.7. The Hall–Kier alpha value is -7.30. The highest BCUT2D eigenvalue weighted by molar-refractivity contribution is 6.21. The third-order valence-corrected chi connectivity index (χ3v) is 10.1. The topological polar surface area (TPSA) is 51.6 Å². The zero-order chi connectivity index (χ0) is 35.8. The maximum absolute atomic E-state index is 5.39. The second-order valence-electron chi connectivity index (χ2n) is 13.4. The number of nitrogens with zero attached hydrogens (tertiary/aromatic N) is 4. The summed E-state index contributed by atoms with van der Waals surface area (Å²) in [6, 6.07) is 67.3. The molecule has 252 valence electrons. The Morgan fingerprint density at radius 2 is 0.759 bits per heavy atom. The van der Waals surface area contributed by atoms with Crippen molar-refractivity contribution in [1.29, 1.82) is 0 Å². The van der Waals surface area contributed by atoms with E-state index in [1.807, 2.05) is 48.5 Å². The van der Waals surface area contributed by atoms with Crippen LogP contribution in [0, 0.1) is 0 Å². The van der Waals surface area contributed by atoms with Crippen molar-refractivity contribution in [2.45, 2.75) is 0 Å². The lowest BCUT2D eigenvalue weighted by Gasteiger charge is -2.14. The van der Waals surface area contributed by atoms with Gasteiger partial charge in [-0.3, -0.25) is 0 Å². The van der Waals surface area contributed by atoms with E-state index in [0.717, 1.165) is 94.3 Å². The Labute approximate surface area is 313 Å². The van der Waals surface area contributed by atoms with Gasteiger partial charge in [0, 0.05) is 44.0 Å². The second-order valence-corrected chi connectivity index (χ2v) is 13.4. The molecule has 3 heterocycles. The smallest absolute Gasteiger partial charge is 0.160 e. The van der Waals surface area contributed by atoms with Gasteiger partial charge >= 0.3 is 0 Å². The highest BCUT2D eigenvalue weighted by Gasteiger charge is 2.16. The molecule has 0 saturated heterocycles. The van der Waals surface area contributed by atoms with E-state index in [9.17, 15) is 0 Å². The summed E-state index contributed by atoms with van der Waals surface area (Å²) in [5.41, 5.74) is 13.1. The minimum Gasteiger partial charge on any atom is -0.248 e. The monoisotopic (exact) mass is 688 g/mol. The molecule has 0 aliphatic heterocycles. The summed E-state index contributed by atoms with van der Waals surface area (Å²) in [5.74, 6) is 0.707. The normalized spacial score (nSPS) is 11.3. The fraction of sp³-hybridized carbons (Fsp3) is 0.